The summed E-state index contributed by atoms with van der Waals surface area (Å²) in [5, 5.41) is 12.3. The highest BCUT2D eigenvalue weighted by molar-refractivity contribution is 5.47. The molecule has 3 fully saturated rings. The van der Waals surface area contributed by atoms with Crippen LogP contribution in [0.1, 0.15) is 31.2 Å². The summed E-state index contributed by atoms with van der Waals surface area (Å²) in [5.41, 5.74) is 1.84. The van der Waals surface area contributed by atoms with Gasteiger partial charge in [-0.25, -0.2) is 0 Å². The zero-order chi connectivity index (χ0) is 17.1. The van der Waals surface area contributed by atoms with Gasteiger partial charge in [0.05, 0.1) is 11.6 Å². The van der Waals surface area contributed by atoms with Crippen LogP contribution in [0.5, 0.6) is 0 Å². The molecule has 2 bridgehead atoms. The summed E-state index contributed by atoms with van der Waals surface area (Å²) in [4.78, 5) is 5.47. The Balaban J connectivity index is 1.16. The molecule has 0 aromatic heterocycles. The van der Waals surface area contributed by atoms with Crippen LogP contribution in [0.3, 0.4) is 0 Å². The molecule has 2 aliphatic heterocycles. The Hall–Kier alpha value is -1.57. The van der Waals surface area contributed by atoms with Crippen LogP contribution in [-0.2, 0) is 0 Å². The van der Waals surface area contributed by atoms with E-state index >= 15 is 0 Å². The first-order valence-corrected chi connectivity index (χ1v) is 9.97. The third kappa shape index (κ3) is 4.74. The van der Waals surface area contributed by atoms with Gasteiger partial charge in [-0.1, -0.05) is 0 Å². The van der Waals surface area contributed by atoms with Crippen molar-refractivity contribution < 1.29 is 0 Å². The van der Waals surface area contributed by atoms with E-state index in [1.807, 2.05) is 24.3 Å². The minimum absolute atomic E-state index is 0.723. The summed E-state index contributed by atoms with van der Waals surface area (Å²) in [6.45, 7) is 8.87. The average molecular weight is 338 g/mol. The molecule has 2 saturated heterocycles. The van der Waals surface area contributed by atoms with E-state index in [1.54, 1.807) is 0 Å². The number of rotatable bonds is 7. The molecule has 2 atom stereocenters. The zero-order valence-corrected chi connectivity index (χ0v) is 15.2. The molecule has 4 rings (SSSR count). The molecule has 2 unspecified atom stereocenters. The van der Waals surface area contributed by atoms with Crippen LogP contribution >= 0.6 is 0 Å². The Labute approximate surface area is 151 Å². The topological polar surface area (TPSA) is 42.3 Å². The molecule has 0 spiro atoms. The van der Waals surface area contributed by atoms with Gasteiger partial charge in [-0.05, 0) is 74.2 Å². The maximum Gasteiger partial charge on any atom is 0.0991 e. The van der Waals surface area contributed by atoms with Gasteiger partial charge in [0.1, 0.15) is 0 Å². The molecule has 25 heavy (non-hydrogen) atoms. The van der Waals surface area contributed by atoms with Crippen molar-refractivity contribution in [2.75, 3.05) is 51.1 Å². The largest absolute Gasteiger partial charge is 0.385 e. The molecular weight excluding hydrogens is 308 g/mol. The summed E-state index contributed by atoms with van der Waals surface area (Å²) in [6.07, 6.45) is 5.60. The summed E-state index contributed by atoms with van der Waals surface area (Å²) in [7, 11) is 0. The van der Waals surface area contributed by atoms with Gasteiger partial charge in [-0.2, -0.15) is 5.26 Å². The van der Waals surface area contributed by atoms with E-state index in [2.05, 4.69) is 21.2 Å². The molecule has 1 aliphatic carbocycles. The number of hydrogen-bond acceptors (Lipinski definition) is 4. The number of piperidine rings is 2. The van der Waals surface area contributed by atoms with Crippen molar-refractivity contribution in [1.82, 2.24) is 9.80 Å². The standard InChI is InChI=1S/C21H30N4/c22-11-17-4-6-21(7-5-17)23-8-1-9-24-13-19-10-20(14-24)16-25(15-19)12-18-2-3-18/h4-7,18-20,23H,1-3,8-10,12-16H2. The SMILES string of the molecule is N#Cc1ccc(NCCCN2CC3CC(C2)CN(CC2CC2)C3)cc1. The summed E-state index contributed by atoms with van der Waals surface area (Å²) < 4.78 is 0. The lowest BCUT2D eigenvalue weighted by atomic mass is 9.84. The van der Waals surface area contributed by atoms with Crippen molar-refractivity contribution in [1.29, 1.82) is 5.26 Å². The van der Waals surface area contributed by atoms with E-state index in [0.29, 0.717) is 0 Å². The Morgan fingerprint density at radius 1 is 1.00 bits per heavy atom. The third-order valence-corrected chi connectivity index (χ3v) is 5.94. The second-order valence-corrected chi connectivity index (χ2v) is 8.36. The van der Waals surface area contributed by atoms with Crippen molar-refractivity contribution in [3.05, 3.63) is 29.8 Å². The van der Waals surface area contributed by atoms with Crippen LogP contribution in [-0.4, -0.2) is 55.6 Å². The first kappa shape index (κ1) is 16.9. The lowest BCUT2D eigenvalue weighted by Gasteiger charge is -2.46. The van der Waals surface area contributed by atoms with Crippen molar-refractivity contribution in [3.63, 3.8) is 0 Å². The molecule has 0 radical (unpaired) electrons. The second kappa shape index (κ2) is 7.76. The van der Waals surface area contributed by atoms with Crippen LogP contribution in [0.2, 0.25) is 0 Å². The fraction of sp³-hybridized carbons (Fsp3) is 0.667. The molecule has 1 N–H and O–H groups in total. The van der Waals surface area contributed by atoms with Crippen LogP contribution < -0.4 is 5.32 Å². The smallest absolute Gasteiger partial charge is 0.0991 e. The Kier molecular flexibility index (Phi) is 5.24. The fourth-order valence-corrected chi connectivity index (χ4v) is 4.69. The number of benzene rings is 1. The number of hydrogen-bond donors (Lipinski definition) is 1. The summed E-state index contributed by atoms with van der Waals surface area (Å²) >= 11 is 0. The molecule has 3 aliphatic rings. The first-order chi connectivity index (χ1) is 12.3. The number of nitrogens with one attached hydrogen (secondary N) is 1. The maximum absolute atomic E-state index is 8.84. The van der Waals surface area contributed by atoms with Gasteiger partial charge in [-0.3, -0.25) is 0 Å². The molecular formula is C21H30N4. The van der Waals surface area contributed by atoms with Gasteiger partial charge >= 0.3 is 0 Å². The summed E-state index contributed by atoms with van der Waals surface area (Å²) in [5.74, 6) is 2.83. The van der Waals surface area contributed by atoms with E-state index < -0.39 is 0 Å². The first-order valence-electron chi connectivity index (χ1n) is 9.97. The molecule has 134 valence electrons. The maximum atomic E-state index is 8.84. The van der Waals surface area contributed by atoms with Crippen molar-refractivity contribution in [2.45, 2.75) is 25.7 Å². The Morgan fingerprint density at radius 3 is 2.32 bits per heavy atom. The Bertz CT molecular complexity index is 587. The number of anilines is 1. The number of nitriles is 1. The lowest BCUT2D eigenvalue weighted by Crippen LogP contribution is -2.53. The number of likely N-dealkylation sites (tertiary alicyclic amines) is 2. The predicted octanol–water partition coefficient (Wildman–Crippen LogP) is 3.02. The summed E-state index contributed by atoms with van der Waals surface area (Å²) in [6, 6.07) is 9.91. The number of nitrogens with zero attached hydrogens (tertiary/aromatic N) is 3. The molecule has 1 aromatic carbocycles. The van der Waals surface area contributed by atoms with E-state index in [1.165, 1.54) is 65.0 Å². The highest BCUT2D eigenvalue weighted by atomic mass is 15.2. The minimum Gasteiger partial charge on any atom is -0.385 e. The lowest BCUT2D eigenvalue weighted by molar-refractivity contribution is 0.0293. The quantitative estimate of drug-likeness (QED) is 0.776. The monoisotopic (exact) mass is 338 g/mol. The second-order valence-electron chi connectivity index (χ2n) is 8.36. The van der Waals surface area contributed by atoms with Crippen molar-refractivity contribution in [2.24, 2.45) is 17.8 Å². The van der Waals surface area contributed by atoms with E-state index in [4.69, 9.17) is 5.26 Å². The molecule has 0 amide bonds. The van der Waals surface area contributed by atoms with E-state index in [-0.39, 0.29) is 0 Å². The highest BCUT2D eigenvalue weighted by Crippen LogP contribution is 2.34. The minimum atomic E-state index is 0.723. The van der Waals surface area contributed by atoms with Crippen LogP contribution in [0.25, 0.3) is 0 Å². The van der Waals surface area contributed by atoms with Gasteiger partial charge in [-0.15, -0.1) is 0 Å². The van der Waals surface area contributed by atoms with Gasteiger partial charge in [0, 0.05) is 45.0 Å². The molecule has 2 heterocycles. The van der Waals surface area contributed by atoms with Crippen molar-refractivity contribution >= 4 is 5.69 Å². The number of fused-ring (bicyclic) bond motifs is 2. The third-order valence-electron chi connectivity index (χ3n) is 5.94. The Morgan fingerprint density at radius 2 is 1.68 bits per heavy atom. The molecule has 1 saturated carbocycles. The van der Waals surface area contributed by atoms with Crippen LogP contribution in [0, 0.1) is 29.1 Å². The predicted molar refractivity (Wildman–Crippen MR) is 101 cm³/mol. The molecule has 1 aromatic rings. The van der Waals surface area contributed by atoms with E-state index in [9.17, 15) is 0 Å². The van der Waals surface area contributed by atoms with Crippen molar-refractivity contribution in [3.8, 4) is 6.07 Å². The molecule has 4 nitrogen and oxygen atoms in total. The van der Waals surface area contributed by atoms with Crippen LogP contribution in [0.4, 0.5) is 5.69 Å². The zero-order valence-electron chi connectivity index (χ0n) is 15.2. The van der Waals surface area contributed by atoms with Gasteiger partial charge in [0.15, 0.2) is 0 Å². The van der Waals surface area contributed by atoms with Gasteiger partial charge < -0.3 is 15.1 Å². The van der Waals surface area contributed by atoms with Gasteiger partial charge in [0.25, 0.3) is 0 Å². The highest BCUT2D eigenvalue weighted by Gasteiger charge is 2.35. The van der Waals surface area contributed by atoms with E-state index in [0.717, 1.165) is 35.5 Å². The van der Waals surface area contributed by atoms with Crippen LogP contribution in [0.15, 0.2) is 24.3 Å². The fourth-order valence-electron chi connectivity index (χ4n) is 4.69. The van der Waals surface area contributed by atoms with Gasteiger partial charge in [0.2, 0.25) is 0 Å². The normalized spacial score (nSPS) is 27.0. The molecule has 4 heteroatoms. The average Bonchev–Trinajstić information content (AvgIpc) is 3.42.